The summed E-state index contributed by atoms with van der Waals surface area (Å²) in [5.41, 5.74) is 0.619. The fourth-order valence-corrected chi connectivity index (χ4v) is 2.58. The predicted molar refractivity (Wildman–Crippen MR) is 88.4 cm³/mol. The van der Waals surface area contributed by atoms with Gasteiger partial charge in [0, 0.05) is 11.9 Å². The van der Waals surface area contributed by atoms with Crippen molar-refractivity contribution < 1.29 is 13.9 Å². The minimum absolute atomic E-state index is 0.159. The normalized spacial score (nSPS) is 12.3. The number of methoxy groups -OCH3 is 1. The summed E-state index contributed by atoms with van der Waals surface area (Å²) in [6.07, 6.45) is 4.62. The highest BCUT2D eigenvalue weighted by Crippen LogP contribution is 2.28. The number of para-hydroxylation sites is 1. The number of ether oxygens (including phenoxy) is 1. The maximum atomic E-state index is 12.3. The van der Waals surface area contributed by atoms with Crippen molar-refractivity contribution >= 4 is 16.9 Å². The first kappa shape index (κ1) is 16.4. The number of fused-ring (bicyclic) bond motifs is 1. The summed E-state index contributed by atoms with van der Waals surface area (Å²) in [5.74, 6) is 1.35. The molecule has 1 amide bonds. The highest BCUT2D eigenvalue weighted by Gasteiger charge is 2.15. The number of hydrogen-bond acceptors (Lipinski definition) is 3. The Morgan fingerprint density at radius 2 is 2.18 bits per heavy atom. The van der Waals surface area contributed by atoms with E-state index in [-0.39, 0.29) is 5.91 Å². The van der Waals surface area contributed by atoms with E-state index in [1.807, 2.05) is 18.2 Å². The van der Waals surface area contributed by atoms with Gasteiger partial charge in [-0.25, -0.2) is 0 Å². The maximum absolute atomic E-state index is 12.3. The molecule has 0 radical (unpaired) electrons. The molecule has 0 aliphatic heterocycles. The lowest BCUT2D eigenvalue weighted by Gasteiger charge is -2.14. The summed E-state index contributed by atoms with van der Waals surface area (Å²) in [4.78, 5) is 12.3. The maximum Gasteiger partial charge on any atom is 0.287 e. The molecule has 22 heavy (non-hydrogen) atoms. The van der Waals surface area contributed by atoms with Crippen molar-refractivity contribution in [2.45, 2.75) is 39.5 Å². The molecule has 0 spiro atoms. The zero-order chi connectivity index (χ0) is 15.9. The monoisotopic (exact) mass is 303 g/mol. The van der Waals surface area contributed by atoms with Gasteiger partial charge < -0.3 is 14.5 Å². The summed E-state index contributed by atoms with van der Waals surface area (Å²) >= 11 is 0. The lowest BCUT2D eigenvalue weighted by atomic mass is 9.99. The summed E-state index contributed by atoms with van der Waals surface area (Å²) < 4.78 is 10.9. The molecular formula is C18H25NO3. The number of rotatable bonds is 8. The number of furan rings is 1. The van der Waals surface area contributed by atoms with Crippen molar-refractivity contribution in [3.63, 3.8) is 0 Å². The van der Waals surface area contributed by atoms with E-state index in [4.69, 9.17) is 9.15 Å². The zero-order valence-electron chi connectivity index (χ0n) is 13.6. The molecule has 0 saturated heterocycles. The van der Waals surface area contributed by atoms with Crippen LogP contribution in [0.4, 0.5) is 0 Å². The van der Waals surface area contributed by atoms with Gasteiger partial charge in [0.05, 0.1) is 7.11 Å². The van der Waals surface area contributed by atoms with Crippen LogP contribution in [-0.4, -0.2) is 19.6 Å². The lowest BCUT2D eigenvalue weighted by molar-refractivity contribution is 0.0920. The highest BCUT2D eigenvalue weighted by molar-refractivity contribution is 5.97. The van der Waals surface area contributed by atoms with Crippen LogP contribution in [0.2, 0.25) is 0 Å². The van der Waals surface area contributed by atoms with Crippen LogP contribution in [-0.2, 0) is 0 Å². The predicted octanol–water partition coefficient (Wildman–Crippen LogP) is 4.39. The van der Waals surface area contributed by atoms with E-state index in [1.165, 1.54) is 12.8 Å². The molecule has 0 saturated carbocycles. The van der Waals surface area contributed by atoms with Gasteiger partial charge in [-0.3, -0.25) is 4.79 Å². The van der Waals surface area contributed by atoms with E-state index in [9.17, 15) is 4.79 Å². The lowest BCUT2D eigenvalue weighted by Crippen LogP contribution is -2.28. The molecular weight excluding hydrogens is 278 g/mol. The summed E-state index contributed by atoms with van der Waals surface area (Å²) in [5, 5.41) is 3.86. The van der Waals surface area contributed by atoms with E-state index in [0.29, 0.717) is 29.6 Å². The Bertz CT molecular complexity index is 618. The zero-order valence-corrected chi connectivity index (χ0v) is 13.6. The Labute approximate surface area is 131 Å². The van der Waals surface area contributed by atoms with Gasteiger partial charge in [0.25, 0.3) is 5.91 Å². The van der Waals surface area contributed by atoms with Crippen LogP contribution < -0.4 is 10.1 Å². The molecule has 0 aliphatic carbocycles. The Hall–Kier alpha value is -1.97. The van der Waals surface area contributed by atoms with Gasteiger partial charge in [0.2, 0.25) is 0 Å². The number of amides is 1. The van der Waals surface area contributed by atoms with Crippen LogP contribution in [0.15, 0.2) is 28.7 Å². The largest absolute Gasteiger partial charge is 0.493 e. The van der Waals surface area contributed by atoms with E-state index >= 15 is 0 Å². The highest BCUT2D eigenvalue weighted by atomic mass is 16.5. The second-order valence-electron chi connectivity index (χ2n) is 5.62. The SMILES string of the molecule is CCCCC(CC)CNC(=O)c1cc2cccc(OC)c2o1. The molecule has 1 atom stereocenters. The molecule has 2 aromatic rings. The van der Waals surface area contributed by atoms with Crippen molar-refractivity contribution in [2.75, 3.05) is 13.7 Å². The van der Waals surface area contributed by atoms with Crippen molar-refractivity contribution in [3.05, 3.63) is 30.0 Å². The Morgan fingerprint density at radius 3 is 2.86 bits per heavy atom. The first-order chi connectivity index (χ1) is 10.7. The molecule has 0 fully saturated rings. The minimum atomic E-state index is -0.159. The first-order valence-corrected chi connectivity index (χ1v) is 8.04. The number of carbonyl (C=O) groups excluding carboxylic acids is 1. The molecule has 4 heteroatoms. The molecule has 1 aromatic carbocycles. The van der Waals surface area contributed by atoms with E-state index in [1.54, 1.807) is 13.2 Å². The number of hydrogen-bond donors (Lipinski definition) is 1. The second kappa shape index (κ2) is 7.87. The van der Waals surface area contributed by atoms with Gasteiger partial charge in [-0.1, -0.05) is 45.2 Å². The summed E-state index contributed by atoms with van der Waals surface area (Å²) in [7, 11) is 1.59. The van der Waals surface area contributed by atoms with E-state index in [0.717, 1.165) is 18.2 Å². The standard InChI is InChI=1S/C18H25NO3/c1-4-6-8-13(5-2)12-19-18(20)16-11-14-9-7-10-15(21-3)17(14)22-16/h7,9-11,13H,4-6,8,12H2,1-3H3,(H,19,20). The third-order valence-corrected chi connectivity index (χ3v) is 4.05. The van der Waals surface area contributed by atoms with Gasteiger partial charge in [-0.15, -0.1) is 0 Å². The Balaban J connectivity index is 2.03. The van der Waals surface area contributed by atoms with Crippen LogP contribution in [0.1, 0.15) is 50.1 Å². The van der Waals surface area contributed by atoms with Crippen molar-refractivity contribution in [2.24, 2.45) is 5.92 Å². The average Bonchev–Trinajstić information content (AvgIpc) is 2.99. The van der Waals surface area contributed by atoms with Gasteiger partial charge in [0.15, 0.2) is 17.1 Å². The number of benzene rings is 1. The van der Waals surface area contributed by atoms with E-state index < -0.39 is 0 Å². The van der Waals surface area contributed by atoms with Crippen molar-refractivity contribution in [1.82, 2.24) is 5.32 Å². The molecule has 2 rings (SSSR count). The van der Waals surface area contributed by atoms with E-state index in [2.05, 4.69) is 19.2 Å². The molecule has 4 nitrogen and oxygen atoms in total. The first-order valence-electron chi connectivity index (χ1n) is 8.04. The summed E-state index contributed by atoms with van der Waals surface area (Å²) in [6, 6.07) is 7.38. The number of nitrogens with one attached hydrogen (secondary N) is 1. The molecule has 1 unspecified atom stereocenters. The molecule has 120 valence electrons. The van der Waals surface area contributed by atoms with Crippen LogP contribution in [0, 0.1) is 5.92 Å². The van der Waals surface area contributed by atoms with Gasteiger partial charge in [-0.05, 0) is 24.5 Å². The molecule has 0 bridgehead atoms. The average molecular weight is 303 g/mol. The quantitative estimate of drug-likeness (QED) is 0.787. The number of unbranched alkanes of at least 4 members (excludes halogenated alkanes) is 1. The Kier molecular flexibility index (Phi) is 5.87. The Morgan fingerprint density at radius 1 is 1.36 bits per heavy atom. The molecule has 0 aliphatic rings. The van der Waals surface area contributed by atoms with Crippen molar-refractivity contribution in [3.8, 4) is 5.75 Å². The second-order valence-corrected chi connectivity index (χ2v) is 5.62. The third-order valence-electron chi connectivity index (χ3n) is 4.05. The fourth-order valence-electron chi connectivity index (χ4n) is 2.58. The summed E-state index contributed by atoms with van der Waals surface area (Å²) in [6.45, 7) is 5.05. The van der Waals surface area contributed by atoms with Crippen molar-refractivity contribution in [1.29, 1.82) is 0 Å². The van der Waals surface area contributed by atoms with Crippen LogP contribution in [0.5, 0.6) is 5.75 Å². The number of carbonyl (C=O) groups is 1. The third kappa shape index (κ3) is 3.81. The molecule has 1 N–H and O–H groups in total. The molecule has 1 heterocycles. The van der Waals surface area contributed by atoms with Gasteiger partial charge in [-0.2, -0.15) is 0 Å². The van der Waals surface area contributed by atoms with Crippen LogP contribution >= 0.6 is 0 Å². The minimum Gasteiger partial charge on any atom is -0.493 e. The topological polar surface area (TPSA) is 51.5 Å². The van der Waals surface area contributed by atoms with Crippen LogP contribution in [0.3, 0.4) is 0 Å². The molecule has 1 aromatic heterocycles. The van der Waals surface area contributed by atoms with Gasteiger partial charge >= 0.3 is 0 Å². The fraction of sp³-hybridized carbons (Fsp3) is 0.500. The smallest absolute Gasteiger partial charge is 0.287 e. The van der Waals surface area contributed by atoms with Gasteiger partial charge in [0.1, 0.15) is 0 Å². The van der Waals surface area contributed by atoms with Crippen LogP contribution in [0.25, 0.3) is 11.0 Å².